The maximum atomic E-state index is 11.0. The summed E-state index contributed by atoms with van der Waals surface area (Å²) in [5.41, 5.74) is 0.442. The van der Waals surface area contributed by atoms with Crippen LogP contribution in [-0.2, 0) is 9.59 Å². The highest BCUT2D eigenvalue weighted by atomic mass is 16.4. The summed E-state index contributed by atoms with van der Waals surface area (Å²) in [6.45, 7) is 0. The van der Waals surface area contributed by atoms with Crippen LogP contribution in [0.4, 0.5) is 5.69 Å². The Balaban J connectivity index is 2.62. The van der Waals surface area contributed by atoms with Crippen LogP contribution in [0.2, 0.25) is 0 Å². The first kappa shape index (κ1) is 10.2. The van der Waals surface area contributed by atoms with E-state index in [0.717, 1.165) is 0 Å². The van der Waals surface area contributed by atoms with E-state index in [-0.39, 0.29) is 0 Å². The molecule has 3 N–H and O–H groups in total. The molecular formula is C9H9NO4. The second-order valence-electron chi connectivity index (χ2n) is 2.60. The largest absolute Gasteiger partial charge is 0.479 e. The third-order valence-corrected chi connectivity index (χ3v) is 1.52. The molecular weight excluding hydrogens is 186 g/mol. The topological polar surface area (TPSA) is 86.6 Å². The summed E-state index contributed by atoms with van der Waals surface area (Å²) in [4.78, 5) is 21.2. The molecule has 0 spiro atoms. The third kappa shape index (κ3) is 2.56. The van der Waals surface area contributed by atoms with E-state index in [1.165, 1.54) is 0 Å². The van der Waals surface area contributed by atoms with Gasteiger partial charge in [-0.2, -0.15) is 0 Å². The zero-order chi connectivity index (χ0) is 10.6. The molecule has 0 aliphatic heterocycles. The van der Waals surface area contributed by atoms with Gasteiger partial charge in [0.05, 0.1) is 0 Å². The molecule has 1 unspecified atom stereocenters. The van der Waals surface area contributed by atoms with Crippen molar-refractivity contribution in [1.82, 2.24) is 0 Å². The fraction of sp³-hybridized carbons (Fsp3) is 0.111. The summed E-state index contributed by atoms with van der Waals surface area (Å²) in [5.74, 6) is -2.53. The number of nitrogens with one attached hydrogen (secondary N) is 1. The van der Waals surface area contributed by atoms with Crippen LogP contribution in [0.3, 0.4) is 0 Å². The summed E-state index contributed by atoms with van der Waals surface area (Å²) in [6, 6.07) is 8.30. The minimum absolute atomic E-state index is 0.442. The van der Waals surface area contributed by atoms with Crippen LogP contribution in [0.5, 0.6) is 0 Å². The van der Waals surface area contributed by atoms with Gasteiger partial charge >= 0.3 is 5.97 Å². The van der Waals surface area contributed by atoms with Crippen molar-refractivity contribution in [3.63, 3.8) is 0 Å². The van der Waals surface area contributed by atoms with Crippen molar-refractivity contribution in [2.24, 2.45) is 0 Å². The lowest BCUT2D eigenvalue weighted by Gasteiger charge is -2.06. The number of amides is 1. The van der Waals surface area contributed by atoms with Crippen LogP contribution in [-0.4, -0.2) is 28.2 Å². The molecule has 14 heavy (non-hydrogen) atoms. The van der Waals surface area contributed by atoms with Gasteiger partial charge < -0.3 is 15.5 Å². The molecule has 0 aliphatic rings. The number of benzene rings is 1. The number of aliphatic hydroxyl groups is 1. The molecule has 0 bridgehead atoms. The predicted octanol–water partition coefficient (Wildman–Crippen LogP) is 0.0706. The number of hydrogen-bond acceptors (Lipinski definition) is 3. The molecule has 0 aliphatic carbocycles. The number of carbonyl (C=O) groups excluding carboxylic acids is 1. The summed E-state index contributed by atoms with van der Waals surface area (Å²) in [5, 5.41) is 19.4. The van der Waals surface area contributed by atoms with Gasteiger partial charge in [-0.1, -0.05) is 18.2 Å². The third-order valence-electron chi connectivity index (χ3n) is 1.52. The maximum Gasteiger partial charge on any atom is 0.342 e. The Bertz CT molecular complexity index is 336. The monoisotopic (exact) mass is 195 g/mol. The van der Waals surface area contributed by atoms with Crippen molar-refractivity contribution in [3.8, 4) is 0 Å². The van der Waals surface area contributed by atoms with Crippen LogP contribution in [0, 0.1) is 0 Å². The van der Waals surface area contributed by atoms with Gasteiger partial charge in [0.15, 0.2) is 0 Å². The molecule has 1 atom stereocenters. The maximum absolute atomic E-state index is 11.0. The van der Waals surface area contributed by atoms with Crippen LogP contribution >= 0.6 is 0 Å². The van der Waals surface area contributed by atoms with Gasteiger partial charge in [-0.15, -0.1) is 0 Å². The van der Waals surface area contributed by atoms with Gasteiger partial charge in [0, 0.05) is 5.69 Å². The molecule has 1 aromatic rings. The predicted molar refractivity (Wildman–Crippen MR) is 48.7 cm³/mol. The Labute approximate surface area is 80.0 Å². The van der Waals surface area contributed by atoms with Crippen molar-refractivity contribution < 1.29 is 19.8 Å². The lowest BCUT2D eigenvalue weighted by molar-refractivity contribution is -0.151. The number of carboxylic acids is 1. The molecule has 74 valence electrons. The number of rotatable bonds is 3. The van der Waals surface area contributed by atoms with E-state index in [9.17, 15) is 9.59 Å². The van der Waals surface area contributed by atoms with Crippen molar-refractivity contribution in [1.29, 1.82) is 0 Å². The van der Waals surface area contributed by atoms with Crippen molar-refractivity contribution >= 4 is 17.6 Å². The number of carbonyl (C=O) groups is 2. The minimum Gasteiger partial charge on any atom is -0.479 e. The first-order valence-electron chi connectivity index (χ1n) is 3.88. The van der Waals surface area contributed by atoms with E-state index < -0.39 is 18.0 Å². The number of aliphatic carboxylic acids is 1. The molecule has 0 aromatic heterocycles. The van der Waals surface area contributed by atoms with Gasteiger partial charge in [0.25, 0.3) is 5.91 Å². The van der Waals surface area contributed by atoms with E-state index >= 15 is 0 Å². The highest BCUT2D eigenvalue weighted by molar-refractivity contribution is 6.06. The molecule has 0 fully saturated rings. The summed E-state index contributed by atoms with van der Waals surface area (Å²) >= 11 is 0. The van der Waals surface area contributed by atoms with E-state index in [0.29, 0.717) is 5.69 Å². The molecule has 5 nitrogen and oxygen atoms in total. The van der Waals surface area contributed by atoms with Crippen molar-refractivity contribution in [2.75, 3.05) is 5.32 Å². The number of hydrogen-bond donors (Lipinski definition) is 3. The lowest BCUT2D eigenvalue weighted by atomic mass is 10.3. The Kier molecular flexibility index (Phi) is 3.19. The Morgan fingerprint density at radius 3 is 2.29 bits per heavy atom. The second-order valence-corrected chi connectivity index (χ2v) is 2.60. The molecule has 1 rings (SSSR count). The molecule has 1 aromatic carbocycles. The van der Waals surface area contributed by atoms with Crippen LogP contribution in [0.1, 0.15) is 0 Å². The standard InChI is InChI=1S/C9H9NO4/c11-7(9(13)14)8(12)10-6-4-2-1-3-5-6/h1-5,7,11H,(H,10,12)(H,13,14). The summed E-state index contributed by atoms with van der Waals surface area (Å²) < 4.78 is 0. The van der Waals surface area contributed by atoms with E-state index in [1.54, 1.807) is 30.3 Å². The number of aliphatic hydroxyl groups excluding tert-OH is 1. The van der Waals surface area contributed by atoms with E-state index in [1.807, 2.05) is 0 Å². The highest BCUT2D eigenvalue weighted by Gasteiger charge is 2.22. The van der Waals surface area contributed by atoms with Gasteiger partial charge in [-0.25, -0.2) is 4.79 Å². The van der Waals surface area contributed by atoms with Crippen LogP contribution in [0.25, 0.3) is 0 Å². The fourth-order valence-electron chi connectivity index (χ4n) is 0.844. The number of anilines is 1. The van der Waals surface area contributed by atoms with Gasteiger partial charge in [0.1, 0.15) is 0 Å². The fourth-order valence-corrected chi connectivity index (χ4v) is 0.844. The molecule has 1 amide bonds. The lowest BCUT2D eigenvalue weighted by Crippen LogP contribution is -2.34. The Morgan fingerprint density at radius 1 is 1.21 bits per heavy atom. The zero-order valence-corrected chi connectivity index (χ0v) is 7.18. The molecule has 0 saturated carbocycles. The van der Waals surface area contributed by atoms with Gasteiger partial charge in [-0.05, 0) is 12.1 Å². The first-order chi connectivity index (χ1) is 6.61. The Morgan fingerprint density at radius 2 is 1.79 bits per heavy atom. The molecule has 5 heteroatoms. The quantitative estimate of drug-likeness (QED) is 0.595. The van der Waals surface area contributed by atoms with Crippen LogP contribution in [0.15, 0.2) is 30.3 Å². The summed E-state index contributed by atoms with van der Waals surface area (Å²) in [6.07, 6.45) is -2.03. The zero-order valence-electron chi connectivity index (χ0n) is 7.18. The average Bonchev–Trinajstić information content (AvgIpc) is 2.18. The Hall–Kier alpha value is -1.88. The van der Waals surface area contributed by atoms with E-state index in [4.69, 9.17) is 10.2 Å². The molecule has 0 saturated heterocycles. The van der Waals surface area contributed by atoms with Crippen molar-refractivity contribution in [2.45, 2.75) is 6.10 Å². The highest BCUT2D eigenvalue weighted by Crippen LogP contribution is 2.05. The van der Waals surface area contributed by atoms with Crippen molar-refractivity contribution in [3.05, 3.63) is 30.3 Å². The normalized spacial score (nSPS) is 11.8. The van der Waals surface area contributed by atoms with E-state index in [2.05, 4.69) is 5.32 Å². The SMILES string of the molecule is O=C(O)C(O)C(=O)Nc1ccccc1. The number of para-hydroxylation sites is 1. The summed E-state index contributed by atoms with van der Waals surface area (Å²) in [7, 11) is 0. The second kappa shape index (κ2) is 4.38. The van der Waals surface area contributed by atoms with Gasteiger partial charge in [-0.3, -0.25) is 4.79 Å². The minimum atomic E-state index is -2.03. The first-order valence-corrected chi connectivity index (χ1v) is 3.88. The number of carboxylic acid groups (broad SMARTS) is 1. The molecule has 0 heterocycles. The average molecular weight is 195 g/mol. The smallest absolute Gasteiger partial charge is 0.342 e. The van der Waals surface area contributed by atoms with Crippen LogP contribution < -0.4 is 5.32 Å². The van der Waals surface area contributed by atoms with Gasteiger partial charge in [0.2, 0.25) is 6.10 Å². The molecule has 0 radical (unpaired) electrons.